The van der Waals surface area contributed by atoms with Gasteiger partial charge >= 0.3 is 0 Å². The minimum Gasteiger partial charge on any atom is -0.382 e. The second kappa shape index (κ2) is 7.42. The Hall–Kier alpha value is -0.910. The summed E-state index contributed by atoms with van der Waals surface area (Å²) >= 11 is 0. The number of hydrogen-bond acceptors (Lipinski definition) is 4. The van der Waals surface area contributed by atoms with Crippen molar-refractivity contribution in [3.63, 3.8) is 0 Å². The average Bonchev–Trinajstić information content (AvgIpc) is 2.75. The Morgan fingerprint density at radius 1 is 1.47 bits per heavy atom. The summed E-state index contributed by atoms with van der Waals surface area (Å²) in [4.78, 5) is 0. The molecule has 5 heteroatoms. The molecule has 0 fully saturated rings. The predicted octanol–water partition coefficient (Wildman–Crippen LogP) is 1.000. The van der Waals surface area contributed by atoms with Crippen molar-refractivity contribution in [1.29, 1.82) is 0 Å². The van der Waals surface area contributed by atoms with Crippen LogP contribution in [-0.2, 0) is 18.2 Å². The maximum Gasteiger partial charge on any atom is 0.0543 e. The predicted molar refractivity (Wildman–Crippen MR) is 68.3 cm³/mol. The number of aromatic nitrogens is 2. The van der Waals surface area contributed by atoms with Crippen LogP contribution >= 0.6 is 0 Å². The van der Waals surface area contributed by atoms with Gasteiger partial charge in [-0.3, -0.25) is 16.0 Å². The Labute approximate surface area is 103 Å². The van der Waals surface area contributed by atoms with E-state index in [1.807, 2.05) is 24.0 Å². The van der Waals surface area contributed by atoms with E-state index in [0.717, 1.165) is 25.7 Å². The van der Waals surface area contributed by atoms with Crippen molar-refractivity contribution in [2.75, 3.05) is 7.11 Å². The molecule has 1 aromatic rings. The first-order valence-corrected chi connectivity index (χ1v) is 6.13. The van der Waals surface area contributed by atoms with Gasteiger partial charge in [-0.2, -0.15) is 5.10 Å². The molecule has 1 heterocycles. The highest BCUT2D eigenvalue weighted by Crippen LogP contribution is 2.10. The first-order valence-electron chi connectivity index (χ1n) is 6.13. The Morgan fingerprint density at radius 3 is 2.76 bits per heavy atom. The van der Waals surface area contributed by atoms with Gasteiger partial charge < -0.3 is 4.74 Å². The third-order valence-corrected chi connectivity index (χ3v) is 3.23. The maximum absolute atomic E-state index is 5.56. The summed E-state index contributed by atoms with van der Waals surface area (Å²) in [6.45, 7) is 2.08. The molecule has 0 aliphatic heterocycles. The summed E-state index contributed by atoms with van der Waals surface area (Å²) in [6, 6.07) is 2.38. The molecule has 0 saturated carbocycles. The molecule has 17 heavy (non-hydrogen) atoms. The molecular weight excluding hydrogens is 216 g/mol. The van der Waals surface area contributed by atoms with Crippen molar-refractivity contribution >= 4 is 0 Å². The maximum atomic E-state index is 5.56. The number of nitrogens with one attached hydrogen (secondary N) is 1. The van der Waals surface area contributed by atoms with Gasteiger partial charge in [0, 0.05) is 32.1 Å². The third kappa shape index (κ3) is 4.85. The molecule has 5 nitrogen and oxygen atoms in total. The number of hydrazine groups is 1. The van der Waals surface area contributed by atoms with Gasteiger partial charge in [-0.25, -0.2) is 0 Å². The van der Waals surface area contributed by atoms with Gasteiger partial charge in [-0.15, -0.1) is 0 Å². The number of hydrogen-bond donors (Lipinski definition) is 2. The minimum atomic E-state index is 0.294. The Balaban J connectivity index is 2.30. The number of ether oxygens (including phenoxy) is 1. The van der Waals surface area contributed by atoms with Gasteiger partial charge in [0.25, 0.3) is 0 Å². The van der Waals surface area contributed by atoms with E-state index in [1.165, 1.54) is 5.69 Å². The molecule has 0 radical (unpaired) electrons. The van der Waals surface area contributed by atoms with Gasteiger partial charge in [0.1, 0.15) is 0 Å². The molecular formula is C12H24N4O. The molecule has 0 amide bonds. The van der Waals surface area contributed by atoms with Crippen molar-refractivity contribution in [2.24, 2.45) is 12.9 Å². The molecule has 1 rings (SSSR count). The van der Waals surface area contributed by atoms with E-state index in [1.54, 1.807) is 7.11 Å². The number of aryl methyl sites for hydroxylation is 2. The standard InChI is InChI=1S/C12H24N4O/c1-10(17-3)4-5-11(15-13)6-7-12-8-9-14-16(12)2/h8-11,15H,4-7,13H2,1-3H3. The van der Waals surface area contributed by atoms with Crippen LogP contribution in [0.3, 0.4) is 0 Å². The quantitative estimate of drug-likeness (QED) is 0.525. The molecule has 0 saturated heterocycles. The third-order valence-electron chi connectivity index (χ3n) is 3.23. The molecule has 0 spiro atoms. The van der Waals surface area contributed by atoms with Crippen LogP contribution in [0.5, 0.6) is 0 Å². The van der Waals surface area contributed by atoms with Crippen LogP contribution in [0.2, 0.25) is 0 Å². The van der Waals surface area contributed by atoms with Crippen molar-refractivity contribution < 1.29 is 4.74 Å². The van der Waals surface area contributed by atoms with Gasteiger partial charge in [0.15, 0.2) is 0 Å². The Morgan fingerprint density at radius 2 is 2.24 bits per heavy atom. The first kappa shape index (κ1) is 14.2. The molecule has 2 atom stereocenters. The zero-order chi connectivity index (χ0) is 12.7. The molecule has 1 aromatic heterocycles. The lowest BCUT2D eigenvalue weighted by atomic mass is 10.0. The molecule has 3 N–H and O–H groups in total. The Kier molecular flexibility index (Phi) is 6.18. The van der Waals surface area contributed by atoms with Crippen LogP contribution in [0.25, 0.3) is 0 Å². The molecule has 0 bridgehead atoms. The van der Waals surface area contributed by atoms with Crippen molar-refractivity contribution in [1.82, 2.24) is 15.2 Å². The topological polar surface area (TPSA) is 65.1 Å². The molecule has 0 aromatic carbocycles. The van der Waals surface area contributed by atoms with Crippen LogP contribution in [0.15, 0.2) is 12.3 Å². The summed E-state index contributed by atoms with van der Waals surface area (Å²) < 4.78 is 7.14. The fourth-order valence-electron chi connectivity index (χ4n) is 1.83. The normalized spacial score (nSPS) is 14.8. The number of nitrogens with two attached hydrogens (primary N) is 1. The number of rotatable bonds is 8. The highest BCUT2D eigenvalue weighted by Gasteiger charge is 2.10. The summed E-state index contributed by atoms with van der Waals surface area (Å²) in [5.41, 5.74) is 4.12. The van der Waals surface area contributed by atoms with Crippen molar-refractivity contribution in [2.45, 2.75) is 44.8 Å². The van der Waals surface area contributed by atoms with Gasteiger partial charge in [0.2, 0.25) is 0 Å². The highest BCUT2D eigenvalue weighted by atomic mass is 16.5. The largest absolute Gasteiger partial charge is 0.382 e. The zero-order valence-electron chi connectivity index (χ0n) is 11.0. The van der Waals surface area contributed by atoms with Gasteiger partial charge in [-0.1, -0.05) is 0 Å². The van der Waals surface area contributed by atoms with Crippen LogP contribution in [0.1, 0.15) is 31.9 Å². The fourth-order valence-corrected chi connectivity index (χ4v) is 1.83. The summed E-state index contributed by atoms with van der Waals surface area (Å²) in [6.07, 6.45) is 6.19. The fraction of sp³-hybridized carbons (Fsp3) is 0.750. The van der Waals surface area contributed by atoms with Crippen LogP contribution in [0.4, 0.5) is 0 Å². The number of nitrogens with zero attached hydrogens (tertiary/aromatic N) is 2. The van der Waals surface area contributed by atoms with E-state index < -0.39 is 0 Å². The molecule has 98 valence electrons. The SMILES string of the molecule is COC(C)CCC(CCc1ccnn1C)NN. The lowest BCUT2D eigenvalue weighted by molar-refractivity contribution is 0.105. The van der Waals surface area contributed by atoms with E-state index in [-0.39, 0.29) is 0 Å². The lowest BCUT2D eigenvalue weighted by Gasteiger charge is -2.17. The van der Waals surface area contributed by atoms with E-state index in [2.05, 4.69) is 17.4 Å². The van der Waals surface area contributed by atoms with Crippen LogP contribution in [0, 0.1) is 0 Å². The Bertz CT molecular complexity index is 313. The van der Waals surface area contributed by atoms with Crippen molar-refractivity contribution in [3.05, 3.63) is 18.0 Å². The zero-order valence-corrected chi connectivity index (χ0v) is 11.0. The summed E-state index contributed by atoms with van der Waals surface area (Å²) in [5.74, 6) is 5.56. The average molecular weight is 240 g/mol. The second-order valence-electron chi connectivity index (χ2n) is 4.47. The highest BCUT2D eigenvalue weighted by molar-refractivity contribution is 5.00. The van der Waals surface area contributed by atoms with Gasteiger partial charge in [-0.05, 0) is 38.7 Å². The molecule has 0 aliphatic carbocycles. The van der Waals surface area contributed by atoms with Crippen LogP contribution < -0.4 is 11.3 Å². The van der Waals surface area contributed by atoms with E-state index in [9.17, 15) is 0 Å². The van der Waals surface area contributed by atoms with E-state index in [0.29, 0.717) is 12.1 Å². The molecule has 0 aliphatic rings. The number of methoxy groups -OCH3 is 1. The van der Waals surface area contributed by atoms with Crippen molar-refractivity contribution in [3.8, 4) is 0 Å². The van der Waals surface area contributed by atoms with E-state index in [4.69, 9.17) is 10.6 Å². The first-order chi connectivity index (χ1) is 8.17. The monoisotopic (exact) mass is 240 g/mol. The lowest BCUT2D eigenvalue weighted by Crippen LogP contribution is -2.36. The second-order valence-corrected chi connectivity index (χ2v) is 4.47. The summed E-state index contributed by atoms with van der Waals surface area (Å²) in [7, 11) is 3.71. The minimum absolute atomic E-state index is 0.294. The smallest absolute Gasteiger partial charge is 0.0543 e. The summed E-state index contributed by atoms with van der Waals surface area (Å²) in [5, 5.41) is 4.15. The van der Waals surface area contributed by atoms with Gasteiger partial charge in [0.05, 0.1) is 6.10 Å². The van der Waals surface area contributed by atoms with E-state index >= 15 is 0 Å². The van der Waals surface area contributed by atoms with Crippen LogP contribution in [-0.4, -0.2) is 29.0 Å². The molecule has 2 unspecified atom stereocenters.